The first kappa shape index (κ1) is 14.5. The highest BCUT2D eigenvalue weighted by atomic mass is 16.4. The quantitative estimate of drug-likeness (QED) is 0.733. The summed E-state index contributed by atoms with van der Waals surface area (Å²) in [5.74, 6) is -0.182. The molecule has 1 heterocycles. The largest absolute Gasteiger partial charge is 0.434 e. The van der Waals surface area contributed by atoms with Gasteiger partial charge in [0.1, 0.15) is 5.52 Å². The standard InChI is InChI=1S/C18H18N2O2/c1-18(19,12-11-13-7-3-2-4-8-13)16(21)17-20-14-9-5-6-10-15(14)22-17/h2-10H,11-12,19H2,1H3. The maximum Gasteiger partial charge on any atom is 0.266 e. The molecule has 2 aromatic carbocycles. The summed E-state index contributed by atoms with van der Waals surface area (Å²) < 4.78 is 5.53. The molecule has 0 aliphatic carbocycles. The average Bonchev–Trinajstić information content (AvgIpc) is 2.97. The van der Waals surface area contributed by atoms with Gasteiger partial charge in [0.25, 0.3) is 5.89 Å². The van der Waals surface area contributed by atoms with E-state index < -0.39 is 5.54 Å². The minimum atomic E-state index is -1.00. The normalized spacial score (nSPS) is 13.9. The molecule has 1 aromatic heterocycles. The molecule has 0 amide bonds. The van der Waals surface area contributed by atoms with Gasteiger partial charge in [-0.1, -0.05) is 42.5 Å². The second kappa shape index (κ2) is 5.73. The molecule has 0 saturated carbocycles. The Kier molecular flexibility index (Phi) is 3.77. The average molecular weight is 294 g/mol. The van der Waals surface area contributed by atoms with Crippen LogP contribution >= 0.6 is 0 Å². The molecule has 0 saturated heterocycles. The lowest BCUT2D eigenvalue weighted by molar-refractivity contribution is 0.0860. The number of carbonyl (C=O) groups is 1. The van der Waals surface area contributed by atoms with E-state index in [1.807, 2.05) is 48.5 Å². The molecular weight excluding hydrogens is 276 g/mol. The number of hydrogen-bond acceptors (Lipinski definition) is 4. The molecule has 4 heteroatoms. The van der Waals surface area contributed by atoms with E-state index in [1.54, 1.807) is 13.0 Å². The topological polar surface area (TPSA) is 69.1 Å². The van der Waals surface area contributed by atoms with Crippen LogP contribution in [-0.2, 0) is 6.42 Å². The molecule has 0 radical (unpaired) electrons. The summed E-state index contributed by atoms with van der Waals surface area (Å²) >= 11 is 0. The van der Waals surface area contributed by atoms with Crippen molar-refractivity contribution in [3.05, 3.63) is 66.1 Å². The third kappa shape index (κ3) is 2.92. The first-order chi connectivity index (χ1) is 10.6. The fourth-order valence-corrected chi connectivity index (χ4v) is 2.38. The van der Waals surface area contributed by atoms with Crippen LogP contribution in [0.5, 0.6) is 0 Å². The predicted molar refractivity (Wildman–Crippen MR) is 85.7 cm³/mol. The summed E-state index contributed by atoms with van der Waals surface area (Å²) in [4.78, 5) is 16.8. The third-order valence-corrected chi connectivity index (χ3v) is 3.78. The Balaban J connectivity index is 1.77. The molecule has 3 aromatic rings. The fraction of sp³-hybridized carbons (Fsp3) is 0.222. The summed E-state index contributed by atoms with van der Waals surface area (Å²) in [6.45, 7) is 1.73. The van der Waals surface area contributed by atoms with Gasteiger partial charge in [0.2, 0.25) is 5.78 Å². The molecule has 1 unspecified atom stereocenters. The zero-order valence-electron chi connectivity index (χ0n) is 12.5. The Labute approximate surface area is 129 Å². The third-order valence-electron chi connectivity index (χ3n) is 3.78. The summed E-state index contributed by atoms with van der Waals surface area (Å²) in [6.07, 6.45) is 1.27. The fourth-order valence-electron chi connectivity index (χ4n) is 2.38. The number of Topliss-reactive ketones (excluding diaryl/α,β-unsaturated/α-hetero) is 1. The Morgan fingerprint density at radius 3 is 2.55 bits per heavy atom. The van der Waals surface area contributed by atoms with Crippen LogP contribution < -0.4 is 5.73 Å². The number of fused-ring (bicyclic) bond motifs is 1. The highest BCUT2D eigenvalue weighted by Crippen LogP contribution is 2.21. The second-order valence-corrected chi connectivity index (χ2v) is 5.72. The van der Waals surface area contributed by atoms with Crippen molar-refractivity contribution in [2.75, 3.05) is 0 Å². The minimum absolute atomic E-state index is 0.0826. The van der Waals surface area contributed by atoms with Crippen molar-refractivity contribution in [1.82, 2.24) is 4.98 Å². The van der Waals surface area contributed by atoms with Gasteiger partial charge in [0.15, 0.2) is 5.58 Å². The van der Waals surface area contributed by atoms with Gasteiger partial charge < -0.3 is 10.2 Å². The first-order valence-electron chi connectivity index (χ1n) is 7.29. The lowest BCUT2D eigenvalue weighted by atomic mass is 9.90. The Hall–Kier alpha value is -2.46. The number of nitrogens with zero attached hydrogens (tertiary/aromatic N) is 1. The summed E-state index contributed by atoms with van der Waals surface area (Å²) in [5.41, 5.74) is 7.64. The van der Waals surface area contributed by atoms with Crippen molar-refractivity contribution >= 4 is 16.9 Å². The number of carbonyl (C=O) groups excluding carboxylic acids is 1. The molecule has 0 bridgehead atoms. The van der Waals surface area contributed by atoms with E-state index >= 15 is 0 Å². The van der Waals surface area contributed by atoms with Crippen molar-refractivity contribution in [3.63, 3.8) is 0 Å². The van der Waals surface area contributed by atoms with Gasteiger partial charge >= 0.3 is 0 Å². The molecule has 22 heavy (non-hydrogen) atoms. The van der Waals surface area contributed by atoms with E-state index in [4.69, 9.17) is 10.2 Å². The second-order valence-electron chi connectivity index (χ2n) is 5.72. The number of benzene rings is 2. The molecule has 112 valence electrons. The van der Waals surface area contributed by atoms with E-state index in [0.29, 0.717) is 17.5 Å². The minimum Gasteiger partial charge on any atom is -0.434 e. The van der Waals surface area contributed by atoms with Crippen LogP contribution in [0.4, 0.5) is 0 Å². The zero-order valence-corrected chi connectivity index (χ0v) is 12.5. The summed E-state index contributed by atoms with van der Waals surface area (Å²) in [7, 11) is 0. The number of oxazole rings is 1. The van der Waals surface area contributed by atoms with Crippen molar-refractivity contribution < 1.29 is 9.21 Å². The van der Waals surface area contributed by atoms with E-state index in [2.05, 4.69) is 4.98 Å². The van der Waals surface area contributed by atoms with Crippen molar-refractivity contribution in [2.24, 2.45) is 5.73 Å². The van der Waals surface area contributed by atoms with E-state index in [-0.39, 0.29) is 11.7 Å². The smallest absolute Gasteiger partial charge is 0.266 e. The maximum atomic E-state index is 12.6. The lowest BCUT2D eigenvalue weighted by Crippen LogP contribution is -2.45. The monoisotopic (exact) mass is 294 g/mol. The van der Waals surface area contributed by atoms with Crippen LogP contribution in [0.3, 0.4) is 0 Å². The molecule has 4 nitrogen and oxygen atoms in total. The van der Waals surface area contributed by atoms with Gasteiger partial charge in [0.05, 0.1) is 5.54 Å². The number of para-hydroxylation sites is 2. The van der Waals surface area contributed by atoms with Gasteiger partial charge in [-0.3, -0.25) is 4.79 Å². The molecule has 0 fully saturated rings. The number of nitrogens with two attached hydrogens (primary N) is 1. The van der Waals surface area contributed by atoms with Gasteiger partial charge in [0, 0.05) is 0 Å². The highest BCUT2D eigenvalue weighted by Gasteiger charge is 2.32. The number of aryl methyl sites for hydroxylation is 1. The SMILES string of the molecule is CC(N)(CCc1ccccc1)C(=O)c1nc2ccccc2o1. The number of hydrogen-bond donors (Lipinski definition) is 1. The Morgan fingerprint density at radius 2 is 1.82 bits per heavy atom. The summed E-state index contributed by atoms with van der Waals surface area (Å²) in [5, 5.41) is 0. The molecule has 2 N–H and O–H groups in total. The van der Waals surface area contributed by atoms with Gasteiger partial charge in [-0.2, -0.15) is 0 Å². The van der Waals surface area contributed by atoms with Crippen LogP contribution in [-0.4, -0.2) is 16.3 Å². The van der Waals surface area contributed by atoms with Crippen LogP contribution in [0.25, 0.3) is 11.1 Å². The number of rotatable bonds is 5. The van der Waals surface area contributed by atoms with Crippen LogP contribution in [0.1, 0.15) is 29.6 Å². The highest BCUT2D eigenvalue weighted by molar-refractivity contribution is 6.00. The predicted octanol–water partition coefficient (Wildman–Crippen LogP) is 3.36. The molecule has 0 spiro atoms. The van der Waals surface area contributed by atoms with Crippen LogP contribution in [0.15, 0.2) is 59.0 Å². The molecule has 0 aliphatic heterocycles. The molecule has 1 atom stereocenters. The van der Waals surface area contributed by atoms with Gasteiger partial charge in [-0.15, -0.1) is 0 Å². The van der Waals surface area contributed by atoms with Crippen molar-refractivity contribution in [2.45, 2.75) is 25.3 Å². The van der Waals surface area contributed by atoms with E-state index in [1.165, 1.54) is 0 Å². The first-order valence-corrected chi connectivity index (χ1v) is 7.29. The summed E-state index contributed by atoms with van der Waals surface area (Å²) in [6, 6.07) is 17.3. The molecular formula is C18H18N2O2. The van der Waals surface area contributed by atoms with Gasteiger partial charge in [-0.25, -0.2) is 4.98 Å². The van der Waals surface area contributed by atoms with Gasteiger partial charge in [-0.05, 0) is 37.5 Å². The maximum absolute atomic E-state index is 12.6. The van der Waals surface area contributed by atoms with Crippen LogP contribution in [0, 0.1) is 0 Å². The zero-order chi connectivity index (χ0) is 15.6. The molecule has 0 aliphatic rings. The molecule has 3 rings (SSSR count). The van der Waals surface area contributed by atoms with E-state index in [0.717, 1.165) is 12.0 Å². The lowest BCUT2D eigenvalue weighted by Gasteiger charge is -2.21. The Morgan fingerprint density at radius 1 is 1.14 bits per heavy atom. The van der Waals surface area contributed by atoms with Crippen LogP contribution in [0.2, 0.25) is 0 Å². The van der Waals surface area contributed by atoms with Crippen molar-refractivity contribution in [3.8, 4) is 0 Å². The number of ketones is 1. The van der Waals surface area contributed by atoms with Crippen molar-refractivity contribution in [1.29, 1.82) is 0 Å². The number of aromatic nitrogens is 1. The van der Waals surface area contributed by atoms with E-state index in [9.17, 15) is 4.79 Å². The Bertz CT molecular complexity index is 758.